The summed E-state index contributed by atoms with van der Waals surface area (Å²) in [6.07, 6.45) is 0. The van der Waals surface area contributed by atoms with Crippen molar-refractivity contribution in [3.05, 3.63) is 99.0 Å². The average Bonchev–Trinajstić information content (AvgIpc) is 3.05. The lowest BCUT2D eigenvalue weighted by atomic mass is 9.47. The van der Waals surface area contributed by atoms with Gasteiger partial charge in [0, 0.05) is 10.4 Å². The molecule has 3 aromatic rings. The molecule has 31 heavy (non-hydrogen) atoms. The van der Waals surface area contributed by atoms with E-state index in [-0.39, 0.29) is 24.3 Å². The monoisotopic (exact) mass is 473 g/mol. The Morgan fingerprint density at radius 2 is 1.55 bits per heavy atom. The molecule has 1 N–H and O–H groups in total. The Labute approximate surface area is 188 Å². The lowest BCUT2D eigenvalue weighted by molar-refractivity contribution is -0.124. The maximum absolute atomic E-state index is 13.9. The summed E-state index contributed by atoms with van der Waals surface area (Å²) in [6, 6.07) is 21.6. The Bertz CT molecular complexity index is 1240. The molecule has 0 radical (unpaired) electrons. The number of halogens is 1. The van der Waals surface area contributed by atoms with Crippen LogP contribution in [0, 0.1) is 18.8 Å². The van der Waals surface area contributed by atoms with Crippen molar-refractivity contribution in [2.45, 2.75) is 18.3 Å². The number of aliphatic hydroxyl groups excluding tert-OH is 1. The maximum Gasteiger partial charge on any atom is 0.239 e. The minimum absolute atomic E-state index is 0.189. The second kappa shape index (κ2) is 6.38. The number of carbonyl (C=O) groups is 2. The summed E-state index contributed by atoms with van der Waals surface area (Å²) in [5.41, 5.74) is 4.70. The van der Waals surface area contributed by atoms with Gasteiger partial charge in [0.25, 0.3) is 0 Å². The molecule has 7 rings (SSSR count). The van der Waals surface area contributed by atoms with Crippen LogP contribution in [0.2, 0.25) is 0 Å². The molecule has 1 aliphatic heterocycles. The number of hydrogen-bond acceptors (Lipinski definition) is 3. The van der Waals surface area contributed by atoms with Crippen LogP contribution in [0.3, 0.4) is 0 Å². The van der Waals surface area contributed by atoms with Gasteiger partial charge in [-0.1, -0.05) is 54.6 Å². The molecule has 2 amide bonds. The third-order valence-corrected chi connectivity index (χ3v) is 8.02. The van der Waals surface area contributed by atoms with Crippen molar-refractivity contribution < 1.29 is 14.7 Å². The van der Waals surface area contributed by atoms with Crippen molar-refractivity contribution in [1.29, 1.82) is 0 Å². The Balaban J connectivity index is 1.64. The van der Waals surface area contributed by atoms with Gasteiger partial charge in [-0.15, -0.1) is 0 Å². The van der Waals surface area contributed by atoms with Crippen molar-refractivity contribution >= 4 is 33.4 Å². The van der Waals surface area contributed by atoms with Crippen LogP contribution in [0.25, 0.3) is 0 Å². The van der Waals surface area contributed by atoms with Crippen LogP contribution in [-0.2, 0) is 15.0 Å². The van der Waals surface area contributed by atoms with Gasteiger partial charge in [0.1, 0.15) is 0 Å². The summed E-state index contributed by atoms with van der Waals surface area (Å²) in [7, 11) is 0. The van der Waals surface area contributed by atoms with Crippen LogP contribution in [-0.4, -0.2) is 23.5 Å². The number of anilines is 1. The fourth-order valence-electron chi connectivity index (χ4n) is 6.23. The molecule has 154 valence electrons. The number of carbonyl (C=O) groups excluding carboxylic acids is 2. The van der Waals surface area contributed by atoms with E-state index in [1.807, 2.05) is 73.7 Å². The second-order valence-electron chi connectivity index (χ2n) is 8.75. The first-order chi connectivity index (χ1) is 15.0. The first-order valence-electron chi connectivity index (χ1n) is 10.4. The van der Waals surface area contributed by atoms with Crippen molar-refractivity contribution in [2.75, 3.05) is 11.5 Å². The number of aliphatic hydroxyl groups is 1. The predicted octanol–water partition coefficient (Wildman–Crippen LogP) is 4.30. The SMILES string of the molecule is Cc1ccc(N2C(=O)[C@@H]3C4c5ccccc5C(CO)(c5ccccc54)[C@@H]3C2=O)c(Br)c1. The summed E-state index contributed by atoms with van der Waals surface area (Å²) in [6.45, 7) is 1.74. The molecule has 4 aliphatic rings. The average molecular weight is 474 g/mol. The van der Waals surface area contributed by atoms with E-state index in [1.54, 1.807) is 0 Å². The molecule has 1 fully saturated rings. The third kappa shape index (κ3) is 2.18. The normalized spacial score (nSPS) is 27.8. The minimum Gasteiger partial charge on any atom is -0.395 e. The van der Waals surface area contributed by atoms with Gasteiger partial charge >= 0.3 is 0 Å². The van der Waals surface area contributed by atoms with Crippen LogP contribution in [0.1, 0.15) is 33.7 Å². The van der Waals surface area contributed by atoms with Crippen molar-refractivity contribution in [1.82, 2.24) is 0 Å². The van der Waals surface area contributed by atoms with Crippen LogP contribution >= 0.6 is 15.9 Å². The van der Waals surface area contributed by atoms with Gasteiger partial charge in [-0.2, -0.15) is 0 Å². The van der Waals surface area contributed by atoms with Gasteiger partial charge in [-0.05, 0) is 62.8 Å². The highest BCUT2D eigenvalue weighted by Crippen LogP contribution is 2.64. The Morgan fingerprint density at radius 3 is 2.13 bits per heavy atom. The van der Waals surface area contributed by atoms with E-state index in [0.29, 0.717) is 10.2 Å². The highest BCUT2D eigenvalue weighted by atomic mass is 79.9. The highest BCUT2D eigenvalue weighted by molar-refractivity contribution is 9.10. The summed E-state index contributed by atoms with van der Waals surface area (Å²) < 4.78 is 0.716. The molecule has 0 unspecified atom stereocenters. The molecule has 3 aromatic carbocycles. The lowest BCUT2D eigenvalue weighted by Crippen LogP contribution is -2.55. The summed E-state index contributed by atoms with van der Waals surface area (Å²) in [5, 5.41) is 10.9. The van der Waals surface area contributed by atoms with E-state index in [0.717, 1.165) is 27.8 Å². The first kappa shape index (κ1) is 19.0. The molecule has 1 saturated heterocycles. The molecule has 4 nitrogen and oxygen atoms in total. The van der Waals surface area contributed by atoms with Gasteiger partial charge < -0.3 is 5.11 Å². The largest absolute Gasteiger partial charge is 0.395 e. The minimum atomic E-state index is -0.925. The fraction of sp³-hybridized carbons (Fsp3) is 0.231. The van der Waals surface area contributed by atoms with E-state index >= 15 is 0 Å². The molecular weight excluding hydrogens is 454 g/mol. The van der Waals surface area contributed by atoms with Crippen LogP contribution in [0.15, 0.2) is 71.2 Å². The number of benzene rings is 3. The van der Waals surface area contributed by atoms with E-state index in [4.69, 9.17) is 0 Å². The van der Waals surface area contributed by atoms with Crippen LogP contribution in [0.4, 0.5) is 5.69 Å². The third-order valence-electron chi connectivity index (χ3n) is 7.39. The van der Waals surface area contributed by atoms with Crippen molar-refractivity contribution in [3.8, 4) is 0 Å². The number of imide groups is 1. The number of aryl methyl sites for hydroxylation is 1. The number of hydrogen-bond donors (Lipinski definition) is 1. The number of rotatable bonds is 2. The molecule has 5 heteroatoms. The smallest absolute Gasteiger partial charge is 0.239 e. The molecule has 3 aliphatic carbocycles. The molecule has 2 bridgehead atoms. The Morgan fingerprint density at radius 1 is 0.935 bits per heavy atom. The van der Waals surface area contributed by atoms with Crippen LogP contribution in [0.5, 0.6) is 0 Å². The summed E-state index contributed by atoms with van der Waals surface area (Å²) in [5.74, 6) is -1.78. The number of amides is 2. The molecular formula is C26H20BrNO3. The zero-order valence-electron chi connectivity index (χ0n) is 16.9. The van der Waals surface area contributed by atoms with E-state index in [9.17, 15) is 14.7 Å². The quantitative estimate of drug-likeness (QED) is 0.564. The van der Waals surface area contributed by atoms with Gasteiger partial charge in [0.05, 0.1) is 29.5 Å². The molecule has 2 atom stereocenters. The highest BCUT2D eigenvalue weighted by Gasteiger charge is 2.68. The van der Waals surface area contributed by atoms with Gasteiger partial charge in [0.15, 0.2) is 0 Å². The lowest BCUT2D eigenvalue weighted by Gasteiger charge is -2.53. The second-order valence-corrected chi connectivity index (χ2v) is 9.61. The Kier molecular flexibility index (Phi) is 3.90. The molecule has 0 saturated carbocycles. The van der Waals surface area contributed by atoms with Gasteiger partial charge in [-0.3, -0.25) is 9.59 Å². The zero-order valence-corrected chi connectivity index (χ0v) is 18.5. The topological polar surface area (TPSA) is 57.6 Å². The fourth-order valence-corrected chi connectivity index (χ4v) is 6.90. The molecule has 0 spiro atoms. The zero-order chi connectivity index (χ0) is 21.5. The summed E-state index contributed by atoms with van der Waals surface area (Å²) in [4.78, 5) is 29.1. The first-order valence-corrected chi connectivity index (χ1v) is 11.2. The van der Waals surface area contributed by atoms with Crippen molar-refractivity contribution in [2.24, 2.45) is 11.8 Å². The van der Waals surface area contributed by atoms with Crippen molar-refractivity contribution in [3.63, 3.8) is 0 Å². The number of nitrogens with zero attached hydrogens (tertiary/aromatic N) is 1. The van der Waals surface area contributed by atoms with Crippen LogP contribution < -0.4 is 4.90 Å². The van der Waals surface area contributed by atoms with E-state index in [2.05, 4.69) is 15.9 Å². The predicted molar refractivity (Wildman–Crippen MR) is 121 cm³/mol. The van der Waals surface area contributed by atoms with E-state index in [1.165, 1.54) is 4.90 Å². The van der Waals surface area contributed by atoms with E-state index < -0.39 is 17.3 Å². The summed E-state index contributed by atoms with van der Waals surface area (Å²) >= 11 is 3.55. The van der Waals surface area contributed by atoms with Gasteiger partial charge in [0.2, 0.25) is 11.8 Å². The van der Waals surface area contributed by atoms with Gasteiger partial charge in [-0.25, -0.2) is 4.90 Å². The maximum atomic E-state index is 13.9. The Hall–Kier alpha value is -2.76. The standard InChI is InChI=1S/C26H20BrNO3/c1-14-10-11-20(19(27)12-14)28-24(30)22-21-15-6-2-4-8-17(15)26(13-29,23(22)25(28)31)18-9-5-3-7-16(18)21/h2-12,21-23,29H,13H2,1H3/t21?,22-,23+,26?/m1/s1. The molecule has 1 heterocycles. The molecule has 0 aromatic heterocycles.